The predicted molar refractivity (Wildman–Crippen MR) is 102 cm³/mol. The number of rotatable bonds is 9. The second-order valence-corrected chi connectivity index (χ2v) is 7.80. The van der Waals surface area contributed by atoms with Crippen LogP contribution < -0.4 is 16.0 Å². The molecule has 1 amide bonds. The van der Waals surface area contributed by atoms with Gasteiger partial charge in [0.25, 0.3) is 5.56 Å². The van der Waals surface area contributed by atoms with Crippen LogP contribution in [0.25, 0.3) is 0 Å². The fraction of sp³-hybridized carbons (Fsp3) is 0.389. The Morgan fingerprint density at radius 3 is 2.52 bits per heavy atom. The molecule has 0 aliphatic carbocycles. The number of primary sulfonamides is 1. The summed E-state index contributed by atoms with van der Waals surface area (Å²) in [5, 5.41) is 7.78. The third-order valence-electron chi connectivity index (χ3n) is 4.02. The van der Waals surface area contributed by atoms with E-state index in [1.165, 1.54) is 29.1 Å². The number of hydrogen-bond donors (Lipinski definition) is 2. The number of sulfonamides is 1. The number of carbonyl (C=O) groups is 1. The van der Waals surface area contributed by atoms with Crippen LogP contribution in [0, 0.1) is 0 Å². The highest BCUT2D eigenvalue weighted by molar-refractivity contribution is 7.89. The van der Waals surface area contributed by atoms with Gasteiger partial charge in [0.05, 0.1) is 11.2 Å². The first kappa shape index (κ1) is 20.8. The summed E-state index contributed by atoms with van der Waals surface area (Å²) < 4.78 is 23.7. The summed E-state index contributed by atoms with van der Waals surface area (Å²) in [6.45, 7) is 2.34. The lowest BCUT2D eigenvalue weighted by Crippen LogP contribution is -2.33. The molecule has 2 aromatic rings. The average molecular weight is 392 g/mol. The molecule has 0 bridgehead atoms. The van der Waals surface area contributed by atoms with E-state index in [1.54, 1.807) is 12.1 Å². The van der Waals surface area contributed by atoms with Gasteiger partial charge in [-0.05, 0) is 37.0 Å². The smallest absolute Gasteiger partial charge is 0.253 e. The summed E-state index contributed by atoms with van der Waals surface area (Å²) in [4.78, 5) is 28.3. The maximum absolute atomic E-state index is 12.0. The molecule has 1 aromatic carbocycles. The van der Waals surface area contributed by atoms with Gasteiger partial charge >= 0.3 is 0 Å². The van der Waals surface area contributed by atoms with Crippen molar-refractivity contribution in [3.05, 3.63) is 58.3 Å². The first-order chi connectivity index (χ1) is 12.8. The maximum atomic E-state index is 12.0. The fourth-order valence-corrected chi connectivity index (χ4v) is 2.99. The first-order valence-electron chi connectivity index (χ1n) is 8.73. The number of carbonyl (C=O) groups excluding carboxylic acids is 1. The number of amides is 1. The molecule has 27 heavy (non-hydrogen) atoms. The van der Waals surface area contributed by atoms with E-state index in [2.05, 4.69) is 17.2 Å². The minimum atomic E-state index is -3.71. The molecule has 1 heterocycles. The van der Waals surface area contributed by atoms with Gasteiger partial charge in [0.1, 0.15) is 6.54 Å². The quantitative estimate of drug-likeness (QED) is 0.646. The molecule has 0 saturated carbocycles. The predicted octanol–water partition coefficient (Wildman–Crippen LogP) is 0.592. The van der Waals surface area contributed by atoms with Crippen LogP contribution in [0.2, 0.25) is 0 Å². The van der Waals surface area contributed by atoms with Crippen LogP contribution in [0.1, 0.15) is 31.0 Å². The summed E-state index contributed by atoms with van der Waals surface area (Å²) in [7, 11) is -3.71. The van der Waals surface area contributed by atoms with Gasteiger partial charge in [-0.1, -0.05) is 25.5 Å². The second kappa shape index (κ2) is 9.43. The highest BCUT2D eigenvalue weighted by Gasteiger charge is 2.08. The molecule has 0 saturated heterocycles. The molecular formula is C18H24N4O4S. The Morgan fingerprint density at radius 2 is 1.93 bits per heavy atom. The van der Waals surface area contributed by atoms with Crippen LogP contribution in [-0.4, -0.2) is 30.4 Å². The van der Waals surface area contributed by atoms with E-state index in [9.17, 15) is 18.0 Å². The van der Waals surface area contributed by atoms with Crippen LogP contribution >= 0.6 is 0 Å². The topological polar surface area (TPSA) is 124 Å². The van der Waals surface area contributed by atoms with E-state index < -0.39 is 10.0 Å². The number of benzene rings is 1. The van der Waals surface area contributed by atoms with E-state index in [-0.39, 0.29) is 22.9 Å². The number of hydrogen-bond acceptors (Lipinski definition) is 5. The van der Waals surface area contributed by atoms with Crippen molar-refractivity contribution < 1.29 is 13.2 Å². The lowest BCUT2D eigenvalue weighted by molar-refractivity contribution is -0.121. The monoisotopic (exact) mass is 392 g/mol. The van der Waals surface area contributed by atoms with Crippen LogP contribution in [0.4, 0.5) is 0 Å². The lowest BCUT2D eigenvalue weighted by atomic mass is 10.1. The zero-order valence-electron chi connectivity index (χ0n) is 15.2. The maximum Gasteiger partial charge on any atom is 0.253 e. The highest BCUT2D eigenvalue weighted by Crippen LogP contribution is 2.08. The standard InChI is InChI=1S/C18H24N4O4S/c1-2-3-4-15-11-18(24)22(13-21-15)12-17(23)20-10-9-14-5-7-16(8-6-14)27(19,25)26/h5-8,11,13H,2-4,9-10,12H2,1H3,(H,20,23)(H2,19,25,26). The van der Waals surface area contributed by atoms with Gasteiger partial charge in [-0.3, -0.25) is 14.2 Å². The Kier molecular flexibility index (Phi) is 7.26. The molecule has 0 spiro atoms. The zero-order valence-corrected chi connectivity index (χ0v) is 16.0. The summed E-state index contributed by atoms with van der Waals surface area (Å²) in [6.07, 6.45) is 4.68. The van der Waals surface area contributed by atoms with E-state index in [1.807, 2.05) is 0 Å². The first-order valence-corrected chi connectivity index (χ1v) is 10.3. The van der Waals surface area contributed by atoms with Gasteiger partial charge in [-0.15, -0.1) is 0 Å². The Labute approximate surface area is 158 Å². The van der Waals surface area contributed by atoms with Crippen LogP contribution in [0.15, 0.2) is 46.3 Å². The number of unbranched alkanes of at least 4 members (excludes halogenated alkanes) is 1. The molecule has 8 nitrogen and oxygen atoms in total. The molecule has 0 aliphatic heterocycles. The van der Waals surface area contributed by atoms with Gasteiger partial charge < -0.3 is 5.32 Å². The summed E-state index contributed by atoms with van der Waals surface area (Å²) in [5.74, 6) is -0.290. The second-order valence-electron chi connectivity index (χ2n) is 6.24. The number of nitrogens with zero attached hydrogens (tertiary/aromatic N) is 2. The lowest BCUT2D eigenvalue weighted by Gasteiger charge is -2.08. The summed E-state index contributed by atoms with van der Waals surface area (Å²) in [6, 6.07) is 7.62. The van der Waals surface area contributed by atoms with E-state index >= 15 is 0 Å². The zero-order chi connectivity index (χ0) is 19.9. The van der Waals surface area contributed by atoms with Crippen molar-refractivity contribution >= 4 is 15.9 Å². The Morgan fingerprint density at radius 1 is 1.22 bits per heavy atom. The molecular weight excluding hydrogens is 368 g/mol. The van der Waals surface area contributed by atoms with Gasteiger partial charge in [0.15, 0.2) is 0 Å². The Hall–Kier alpha value is -2.52. The molecule has 0 radical (unpaired) electrons. The summed E-state index contributed by atoms with van der Waals surface area (Å²) >= 11 is 0. The molecule has 1 aromatic heterocycles. The minimum absolute atomic E-state index is 0.0459. The molecule has 0 atom stereocenters. The molecule has 0 aliphatic rings. The fourth-order valence-electron chi connectivity index (χ4n) is 2.48. The average Bonchev–Trinajstić information content (AvgIpc) is 2.62. The largest absolute Gasteiger partial charge is 0.354 e. The van der Waals surface area contributed by atoms with Gasteiger partial charge in [0.2, 0.25) is 15.9 Å². The molecule has 3 N–H and O–H groups in total. The Balaban J connectivity index is 1.83. The van der Waals surface area contributed by atoms with Crippen molar-refractivity contribution in [1.82, 2.24) is 14.9 Å². The van der Waals surface area contributed by atoms with Crippen molar-refractivity contribution in [1.29, 1.82) is 0 Å². The Bertz CT molecular complexity index is 937. The van der Waals surface area contributed by atoms with Gasteiger partial charge in [-0.25, -0.2) is 18.5 Å². The van der Waals surface area contributed by atoms with Crippen LogP contribution in [0.3, 0.4) is 0 Å². The SMILES string of the molecule is CCCCc1cc(=O)n(CC(=O)NCCc2ccc(S(N)(=O)=O)cc2)cn1. The van der Waals surface area contributed by atoms with Crippen molar-refractivity contribution in [2.24, 2.45) is 5.14 Å². The van der Waals surface area contributed by atoms with Gasteiger partial charge in [-0.2, -0.15) is 0 Å². The van der Waals surface area contributed by atoms with Crippen LogP contribution in [-0.2, 0) is 34.2 Å². The van der Waals surface area contributed by atoms with E-state index in [4.69, 9.17) is 5.14 Å². The van der Waals surface area contributed by atoms with Crippen molar-refractivity contribution in [2.75, 3.05) is 6.54 Å². The number of aryl methyl sites for hydroxylation is 1. The third kappa shape index (κ3) is 6.61. The highest BCUT2D eigenvalue weighted by atomic mass is 32.2. The van der Waals surface area contributed by atoms with E-state index in [0.717, 1.165) is 30.5 Å². The van der Waals surface area contributed by atoms with Gasteiger partial charge in [0, 0.05) is 18.3 Å². The minimum Gasteiger partial charge on any atom is -0.354 e. The number of nitrogens with two attached hydrogens (primary N) is 1. The van der Waals surface area contributed by atoms with Crippen molar-refractivity contribution in [2.45, 2.75) is 44.0 Å². The van der Waals surface area contributed by atoms with Crippen LogP contribution in [0.5, 0.6) is 0 Å². The normalized spacial score (nSPS) is 11.3. The molecule has 0 unspecified atom stereocenters. The summed E-state index contributed by atoms with van der Waals surface area (Å²) in [5.41, 5.74) is 1.35. The van der Waals surface area contributed by atoms with Crippen molar-refractivity contribution in [3.63, 3.8) is 0 Å². The molecule has 2 rings (SSSR count). The van der Waals surface area contributed by atoms with E-state index in [0.29, 0.717) is 13.0 Å². The number of aromatic nitrogens is 2. The molecule has 146 valence electrons. The molecule has 9 heteroatoms. The molecule has 0 fully saturated rings. The third-order valence-corrected chi connectivity index (χ3v) is 4.95. The van der Waals surface area contributed by atoms with Crippen molar-refractivity contribution in [3.8, 4) is 0 Å². The number of nitrogens with one attached hydrogen (secondary N) is 1.